The van der Waals surface area contributed by atoms with Crippen LogP contribution >= 0.6 is 15.9 Å². The second-order valence-electron chi connectivity index (χ2n) is 6.11. The van der Waals surface area contributed by atoms with Gasteiger partial charge in [-0.25, -0.2) is 4.99 Å². The molecule has 1 amide bonds. The summed E-state index contributed by atoms with van der Waals surface area (Å²) in [7, 11) is 1.70. The molecule has 24 heavy (non-hydrogen) atoms. The number of nitrogens with one attached hydrogen (secondary N) is 2. The van der Waals surface area contributed by atoms with Crippen molar-refractivity contribution >= 4 is 27.8 Å². The number of halogens is 1. The molecule has 1 aliphatic heterocycles. The van der Waals surface area contributed by atoms with Crippen LogP contribution in [-0.4, -0.2) is 43.4 Å². The van der Waals surface area contributed by atoms with Crippen molar-refractivity contribution in [1.82, 2.24) is 15.5 Å². The molecule has 5 nitrogen and oxygen atoms in total. The molecule has 0 unspecified atom stereocenters. The van der Waals surface area contributed by atoms with Gasteiger partial charge >= 0.3 is 0 Å². The molecule has 1 aromatic carbocycles. The lowest BCUT2D eigenvalue weighted by Crippen LogP contribution is -2.46. The van der Waals surface area contributed by atoms with Crippen LogP contribution in [0.2, 0.25) is 0 Å². The molecule has 1 aromatic rings. The van der Waals surface area contributed by atoms with Crippen molar-refractivity contribution in [3.05, 3.63) is 34.3 Å². The minimum Gasteiger partial charge on any atom is -0.359 e. The monoisotopic (exact) mass is 394 g/mol. The highest BCUT2D eigenvalue weighted by molar-refractivity contribution is 9.10. The maximum absolute atomic E-state index is 11.5. The third-order valence-corrected chi connectivity index (χ3v) is 4.80. The van der Waals surface area contributed by atoms with E-state index in [1.54, 1.807) is 7.05 Å². The first-order chi connectivity index (χ1) is 11.6. The maximum Gasteiger partial charge on any atom is 0.220 e. The Morgan fingerprint density at radius 1 is 1.38 bits per heavy atom. The zero-order valence-electron chi connectivity index (χ0n) is 14.5. The first-order valence-electron chi connectivity index (χ1n) is 8.60. The fourth-order valence-corrected chi connectivity index (χ4v) is 3.39. The van der Waals surface area contributed by atoms with Crippen LogP contribution in [-0.2, 0) is 11.3 Å². The van der Waals surface area contributed by atoms with Crippen molar-refractivity contribution in [1.29, 1.82) is 0 Å². The molecule has 0 saturated carbocycles. The molecule has 0 bridgehead atoms. The Balaban J connectivity index is 1.93. The van der Waals surface area contributed by atoms with E-state index in [0.717, 1.165) is 42.9 Å². The van der Waals surface area contributed by atoms with Gasteiger partial charge in [-0.1, -0.05) is 28.1 Å². The molecule has 1 fully saturated rings. The Morgan fingerprint density at radius 2 is 2.12 bits per heavy atom. The van der Waals surface area contributed by atoms with Crippen molar-refractivity contribution < 1.29 is 4.79 Å². The number of likely N-dealkylation sites (tertiary alicyclic amines) is 1. The summed E-state index contributed by atoms with van der Waals surface area (Å²) in [6.07, 6.45) is 2.71. The predicted molar refractivity (Wildman–Crippen MR) is 102 cm³/mol. The quantitative estimate of drug-likeness (QED) is 0.596. The second-order valence-corrected chi connectivity index (χ2v) is 7.02. The Bertz CT molecular complexity index is 568. The number of rotatable bonds is 5. The molecule has 0 aromatic heterocycles. The first kappa shape index (κ1) is 18.8. The SMILES string of the molecule is CCNC(=NCc1cccc(Br)c1)N1CCC(CC(=O)NC)CC1. The molecule has 0 spiro atoms. The van der Waals surface area contributed by atoms with E-state index in [2.05, 4.69) is 50.5 Å². The van der Waals surface area contributed by atoms with Gasteiger partial charge in [-0.2, -0.15) is 0 Å². The van der Waals surface area contributed by atoms with Crippen molar-refractivity contribution in [2.75, 3.05) is 26.7 Å². The van der Waals surface area contributed by atoms with Gasteiger partial charge in [0.05, 0.1) is 6.54 Å². The molecule has 132 valence electrons. The summed E-state index contributed by atoms with van der Waals surface area (Å²) >= 11 is 3.50. The highest BCUT2D eigenvalue weighted by Crippen LogP contribution is 2.20. The smallest absolute Gasteiger partial charge is 0.220 e. The van der Waals surface area contributed by atoms with Gasteiger partial charge in [0.25, 0.3) is 0 Å². The van der Waals surface area contributed by atoms with Crippen LogP contribution in [0.5, 0.6) is 0 Å². The van der Waals surface area contributed by atoms with Crippen molar-refractivity contribution in [3.8, 4) is 0 Å². The van der Waals surface area contributed by atoms with Crippen molar-refractivity contribution in [2.45, 2.75) is 32.7 Å². The number of amides is 1. The predicted octanol–water partition coefficient (Wildman–Crippen LogP) is 2.76. The first-order valence-corrected chi connectivity index (χ1v) is 9.40. The molecule has 6 heteroatoms. The molecule has 2 N–H and O–H groups in total. The summed E-state index contributed by atoms with van der Waals surface area (Å²) in [5.74, 6) is 1.59. The Morgan fingerprint density at radius 3 is 2.75 bits per heavy atom. The number of aliphatic imine (C=N–C) groups is 1. The van der Waals surface area contributed by atoms with E-state index in [1.165, 1.54) is 5.56 Å². The van der Waals surface area contributed by atoms with Crippen LogP contribution in [0.3, 0.4) is 0 Å². The largest absolute Gasteiger partial charge is 0.359 e. The van der Waals surface area contributed by atoms with Gasteiger partial charge in [-0.05, 0) is 43.4 Å². The van der Waals surface area contributed by atoms with Gasteiger partial charge in [0.15, 0.2) is 5.96 Å². The van der Waals surface area contributed by atoms with Crippen LogP contribution in [0.15, 0.2) is 33.7 Å². The maximum atomic E-state index is 11.5. The summed E-state index contributed by atoms with van der Waals surface area (Å²) in [5.41, 5.74) is 1.19. The topological polar surface area (TPSA) is 56.7 Å². The van der Waals surface area contributed by atoms with E-state index in [0.29, 0.717) is 18.9 Å². The lowest BCUT2D eigenvalue weighted by Gasteiger charge is -2.34. The average Bonchev–Trinajstić information content (AvgIpc) is 2.59. The number of guanidine groups is 1. The third-order valence-electron chi connectivity index (χ3n) is 4.30. The normalized spacial score (nSPS) is 16.1. The van der Waals surface area contributed by atoms with Crippen LogP contribution in [0.1, 0.15) is 31.7 Å². The van der Waals surface area contributed by atoms with Gasteiger partial charge in [0.1, 0.15) is 0 Å². The second kappa shape index (κ2) is 9.67. The molecule has 1 heterocycles. The number of carbonyl (C=O) groups excluding carboxylic acids is 1. The Hall–Kier alpha value is -1.56. The van der Waals surface area contributed by atoms with Gasteiger partial charge in [0, 0.05) is 37.6 Å². The van der Waals surface area contributed by atoms with Gasteiger partial charge in [-0.3, -0.25) is 4.79 Å². The van der Waals surface area contributed by atoms with Crippen molar-refractivity contribution in [2.24, 2.45) is 10.9 Å². The summed E-state index contributed by atoms with van der Waals surface area (Å²) in [6.45, 7) is 5.51. The highest BCUT2D eigenvalue weighted by Gasteiger charge is 2.22. The zero-order chi connectivity index (χ0) is 17.4. The standard InChI is InChI=1S/C18H27BrN4O/c1-3-21-18(22-13-15-5-4-6-16(19)11-15)23-9-7-14(8-10-23)12-17(24)20-2/h4-6,11,14H,3,7-10,12-13H2,1-2H3,(H,20,24)(H,21,22). The Kier molecular flexibility index (Phi) is 7.56. The molecule has 2 rings (SSSR count). The Labute approximate surface area is 153 Å². The minimum atomic E-state index is 0.142. The van der Waals surface area contributed by atoms with Crippen LogP contribution < -0.4 is 10.6 Å². The number of nitrogens with zero attached hydrogens (tertiary/aromatic N) is 2. The minimum absolute atomic E-state index is 0.142. The molecular formula is C18H27BrN4O. The lowest BCUT2D eigenvalue weighted by molar-refractivity contribution is -0.121. The fraction of sp³-hybridized carbons (Fsp3) is 0.556. The molecular weight excluding hydrogens is 368 g/mol. The number of carbonyl (C=O) groups is 1. The zero-order valence-corrected chi connectivity index (χ0v) is 16.1. The third kappa shape index (κ3) is 5.82. The summed E-state index contributed by atoms with van der Waals surface area (Å²) in [6, 6.07) is 8.25. The molecule has 0 aliphatic carbocycles. The van der Waals surface area contributed by atoms with Crippen LogP contribution in [0.25, 0.3) is 0 Å². The summed E-state index contributed by atoms with van der Waals surface area (Å²) in [5, 5.41) is 6.11. The average molecular weight is 395 g/mol. The number of piperidine rings is 1. The summed E-state index contributed by atoms with van der Waals surface area (Å²) < 4.78 is 1.08. The van der Waals surface area contributed by atoms with Gasteiger partial charge in [-0.15, -0.1) is 0 Å². The van der Waals surface area contributed by atoms with Gasteiger partial charge < -0.3 is 15.5 Å². The number of hydrogen-bond donors (Lipinski definition) is 2. The van der Waals surface area contributed by atoms with E-state index in [1.807, 2.05) is 12.1 Å². The lowest BCUT2D eigenvalue weighted by atomic mass is 9.93. The number of hydrogen-bond acceptors (Lipinski definition) is 2. The number of benzene rings is 1. The molecule has 1 aliphatic rings. The molecule has 0 radical (unpaired) electrons. The van der Waals surface area contributed by atoms with Crippen molar-refractivity contribution in [3.63, 3.8) is 0 Å². The van der Waals surface area contributed by atoms with E-state index < -0.39 is 0 Å². The van der Waals surface area contributed by atoms with Gasteiger partial charge in [0.2, 0.25) is 5.91 Å². The summed E-state index contributed by atoms with van der Waals surface area (Å²) in [4.78, 5) is 18.6. The van der Waals surface area contributed by atoms with Crippen LogP contribution in [0.4, 0.5) is 0 Å². The van der Waals surface area contributed by atoms with E-state index in [-0.39, 0.29) is 5.91 Å². The van der Waals surface area contributed by atoms with E-state index >= 15 is 0 Å². The highest BCUT2D eigenvalue weighted by atomic mass is 79.9. The van der Waals surface area contributed by atoms with Crippen LogP contribution in [0, 0.1) is 5.92 Å². The molecule has 1 saturated heterocycles. The fourth-order valence-electron chi connectivity index (χ4n) is 2.94. The molecule has 0 atom stereocenters. The van der Waals surface area contributed by atoms with E-state index in [9.17, 15) is 4.79 Å². The van der Waals surface area contributed by atoms with E-state index in [4.69, 9.17) is 4.99 Å².